The number of aryl methyl sites for hydroxylation is 2. The van der Waals surface area contributed by atoms with Gasteiger partial charge in [-0.2, -0.15) is 10.2 Å². The SMILES string of the molecule is Cc1nn(Cc2cccc3ccccc23)c(C)c1NC(=O)Cn1nc(C)c2c(-c3ccccc3)ccnc21. The summed E-state index contributed by atoms with van der Waals surface area (Å²) >= 11 is 0. The minimum absolute atomic E-state index is 0.0585. The third kappa shape index (κ3) is 4.22. The molecule has 0 spiro atoms. The molecule has 1 N–H and O–H groups in total. The van der Waals surface area contributed by atoms with Crippen molar-refractivity contribution in [3.8, 4) is 11.1 Å². The number of rotatable bonds is 6. The fourth-order valence-corrected chi connectivity index (χ4v) is 5.19. The van der Waals surface area contributed by atoms with E-state index in [-0.39, 0.29) is 12.5 Å². The molecule has 0 radical (unpaired) electrons. The highest BCUT2D eigenvalue weighted by atomic mass is 16.2. The summed E-state index contributed by atoms with van der Waals surface area (Å²) in [5.74, 6) is -0.169. The van der Waals surface area contributed by atoms with E-state index in [1.165, 1.54) is 16.3 Å². The maximum atomic E-state index is 13.2. The summed E-state index contributed by atoms with van der Waals surface area (Å²) in [5, 5.41) is 15.8. The number of amides is 1. The Morgan fingerprint density at radius 1 is 0.816 bits per heavy atom. The molecular formula is C31H28N6O. The minimum atomic E-state index is -0.169. The number of pyridine rings is 1. The smallest absolute Gasteiger partial charge is 0.246 e. The van der Waals surface area contributed by atoms with Gasteiger partial charge in [-0.3, -0.25) is 9.48 Å². The Hall–Kier alpha value is -4.78. The van der Waals surface area contributed by atoms with Crippen LogP contribution in [0.2, 0.25) is 0 Å². The lowest BCUT2D eigenvalue weighted by atomic mass is 10.0. The lowest BCUT2D eigenvalue weighted by Crippen LogP contribution is -2.20. The summed E-state index contributed by atoms with van der Waals surface area (Å²) in [6.45, 7) is 6.55. The van der Waals surface area contributed by atoms with E-state index in [1.807, 2.05) is 55.8 Å². The monoisotopic (exact) mass is 500 g/mol. The molecule has 0 aliphatic carbocycles. The highest BCUT2D eigenvalue weighted by molar-refractivity contribution is 5.96. The Kier molecular flexibility index (Phi) is 5.96. The van der Waals surface area contributed by atoms with Crippen LogP contribution in [0.1, 0.15) is 22.6 Å². The van der Waals surface area contributed by atoms with E-state index in [2.05, 4.69) is 63.9 Å². The van der Waals surface area contributed by atoms with E-state index < -0.39 is 0 Å². The first-order valence-electron chi connectivity index (χ1n) is 12.7. The lowest BCUT2D eigenvalue weighted by molar-refractivity contribution is -0.116. The van der Waals surface area contributed by atoms with Crippen LogP contribution in [-0.4, -0.2) is 30.5 Å². The lowest BCUT2D eigenvalue weighted by Gasteiger charge is -2.10. The number of benzene rings is 3. The molecule has 6 aromatic rings. The van der Waals surface area contributed by atoms with Gasteiger partial charge in [0.15, 0.2) is 5.65 Å². The fraction of sp³-hybridized carbons (Fsp3) is 0.161. The summed E-state index contributed by atoms with van der Waals surface area (Å²) in [4.78, 5) is 17.8. The highest BCUT2D eigenvalue weighted by Crippen LogP contribution is 2.30. The number of nitrogens with one attached hydrogen (secondary N) is 1. The average molecular weight is 501 g/mol. The molecule has 1 amide bonds. The molecule has 3 heterocycles. The van der Waals surface area contributed by atoms with Gasteiger partial charge in [0.05, 0.1) is 29.3 Å². The molecule has 0 bridgehead atoms. The van der Waals surface area contributed by atoms with Gasteiger partial charge in [-0.1, -0.05) is 72.8 Å². The Bertz CT molecular complexity index is 1790. The van der Waals surface area contributed by atoms with Crippen molar-refractivity contribution in [2.75, 3.05) is 5.32 Å². The normalized spacial score (nSPS) is 11.3. The molecule has 0 saturated carbocycles. The van der Waals surface area contributed by atoms with Crippen LogP contribution in [0.5, 0.6) is 0 Å². The molecule has 38 heavy (non-hydrogen) atoms. The molecule has 0 unspecified atom stereocenters. The van der Waals surface area contributed by atoms with E-state index in [4.69, 9.17) is 5.10 Å². The molecule has 7 heteroatoms. The van der Waals surface area contributed by atoms with Gasteiger partial charge in [0.1, 0.15) is 6.54 Å². The van der Waals surface area contributed by atoms with Crippen molar-refractivity contribution in [2.24, 2.45) is 0 Å². The van der Waals surface area contributed by atoms with Gasteiger partial charge < -0.3 is 5.32 Å². The van der Waals surface area contributed by atoms with Crippen LogP contribution in [0.15, 0.2) is 85.1 Å². The van der Waals surface area contributed by atoms with Crippen molar-refractivity contribution in [3.05, 3.63) is 108 Å². The number of anilines is 1. The number of hydrogen-bond donors (Lipinski definition) is 1. The van der Waals surface area contributed by atoms with Crippen LogP contribution in [0.3, 0.4) is 0 Å². The van der Waals surface area contributed by atoms with E-state index in [9.17, 15) is 4.79 Å². The molecule has 0 aliphatic rings. The summed E-state index contributed by atoms with van der Waals surface area (Å²) in [7, 11) is 0. The standard InChI is InChI=1S/C31H28N6O/c1-20-29-27(24-10-5-4-6-11-24)16-17-32-31(29)37(34-20)19-28(38)33-30-21(2)35-36(22(30)3)18-25-14-9-13-23-12-7-8-15-26(23)25/h4-17H,18-19H2,1-3H3,(H,33,38). The van der Waals surface area contributed by atoms with Crippen molar-refractivity contribution in [2.45, 2.75) is 33.9 Å². The highest BCUT2D eigenvalue weighted by Gasteiger charge is 2.19. The van der Waals surface area contributed by atoms with Gasteiger partial charge in [-0.05, 0) is 54.3 Å². The number of carbonyl (C=O) groups excluding carboxylic acids is 1. The minimum Gasteiger partial charge on any atom is -0.321 e. The average Bonchev–Trinajstić information content (AvgIpc) is 3.39. The molecule has 3 aromatic heterocycles. The summed E-state index contributed by atoms with van der Waals surface area (Å²) in [6.07, 6.45) is 1.77. The maximum absolute atomic E-state index is 13.2. The molecule has 7 nitrogen and oxygen atoms in total. The predicted octanol–water partition coefficient (Wildman–Crippen LogP) is 6.06. The van der Waals surface area contributed by atoms with Gasteiger partial charge in [0.2, 0.25) is 5.91 Å². The summed E-state index contributed by atoms with van der Waals surface area (Å²) in [5.41, 5.74) is 7.30. The molecule has 0 saturated heterocycles. The van der Waals surface area contributed by atoms with E-state index in [1.54, 1.807) is 10.9 Å². The zero-order valence-corrected chi connectivity index (χ0v) is 21.6. The second kappa shape index (κ2) is 9.59. The molecule has 0 fully saturated rings. The summed E-state index contributed by atoms with van der Waals surface area (Å²) in [6, 6.07) is 26.8. The second-order valence-electron chi connectivity index (χ2n) is 9.56. The second-order valence-corrected chi connectivity index (χ2v) is 9.56. The third-order valence-electron chi connectivity index (χ3n) is 7.03. The van der Waals surface area contributed by atoms with Crippen LogP contribution in [0.25, 0.3) is 32.9 Å². The predicted molar refractivity (Wildman–Crippen MR) is 151 cm³/mol. The Morgan fingerprint density at radius 2 is 1.55 bits per heavy atom. The van der Waals surface area contributed by atoms with Gasteiger partial charge >= 0.3 is 0 Å². The topological polar surface area (TPSA) is 77.6 Å². The van der Waals surface area contributed by atoms with Gasteiger partial charge in [0, 0.05) is 11.6 Å². The zero-order chi connectivity index (χ0) is 26.2. The fourth-order valence-electron chi connectivity index (χ4n) is 5.19. The number of carbonyl (C=O) groups is 1. The molecule has 6 rings (SSSR count). The summed E-state index contributed by atoms with van der Waals surface area (Å²) < 4.78 is 3.63. The van der Waals surface area contributed by atoms with Crippen molar-refractivity contribution in [1.29, 1.82) is 0 Å². The van der Waals surface area contributed by atoms with E-state index >= 15 is 0 Å². The van der Waals surface area contributed by atoms with Gasteiger partial charge in [-0.15, -0.1) is 0 Å². The van der Waals surface area contributed by atoms with Crippen LogP contribution in [0, 0.1) is 20.8 Å². The molecule has 0 atom stereocenters. The van der Waals surface area contributed by atoms with Crippen molar-refractivity contribution in [3.63, 3.8) is 0 Å². The van der Waals surface area contributed by atoms with Gasteiger partial charge in [0.25, 0.3) is 0 Å². The number of hydrogen-bond acceptors (Lipinski definition) is 4. The molecule has 0 aliphatic heterocycles. The Balaban J connectivity index is 1.25. The molecule has 188 valence electrons. The van der Waals surface area contributed by atoms with E-state index in [0.29, 0.717) is 12.2 Å². The van der Waals surface area contributed by atoms with Crippen molar-refractivity contribution < 1.29 is 4.79 Å². The van der Waals surface area contributed by atoms with Crippen LogP contribution < -0.4 is 5.32 Å². The van der Waals surface area contributed by atoms with Crippen molar-refractivity contribution in [1.82, 2.24) is 24.5 Å². The Morgan fingerprint density at radius 3 is 2.39 bits per heavy atom. The maximum Gasteiger partial charge on any atom is 0.246 e. The first kappa shape index (κ1) is 23.6. The Labute approximate surface area is 220 Å². The third-order valence-corrected chi connectivity index (χ3v) is 7.03. The quantitative estimate of drug-likeness (QED) is 0.302. The largest absolute Gasteiger partial charge is 0.321 e. The number of aromatic nitrogens is 5. The van der Waals surface area contributed by atoms with Crippen LogP contribution in [-0.2, 0) is 17.9 Å². The zero-order valence-electron chi connectivity index (χ0n) is 21.6. The van der Waals surface area contributed by atoms with Crippen LogP contribution >= 0.6 is 0 Å². The number of fused-ring (bicyclic) bond motifs is 2. The molecule has 3 aromatic carbocycles. The van der Waals surface area contributed by atoms with Crippen LogP contribution in [0.4, 0.5) is 5.69 Å². The first-order chi connectivity index (χ1) is 18.5. The first-order valence-corrected chi connectivity index (χ1v) is 12.7. The van der Waals surface area contributed by atoms with E-state index in [0.717, 1.165) is 39.3 Å². The van der Waals surface area contributed by atoms with Gasteiger partial charge in [-0.25, -0.2) is 9.67 Å². The number of nitrogens with zero attached hydrogens (tertiary/aromatic N) is 5. The molecular weight excluding hydrogens is 472 g/mol. The van der Waals surface area contributed by atoms with Crippen molar-refractivity contribution >= 4 is 33.4 Å².